The van der Waals surface area contributed by atoms with Gasteiger partial charge in [-0.15, -0.1) is 0 Å². The van der Waals surface area contributed by atoms with Crippen LogP contribution in [0.3, 0.4) is 0 Å². The fourth-order valence-corrected chi connectivity index (χ4v) is 2.21. The van der Waals surface area contributed by atoms with Crippen LogP contribution >= 0.6 is 0 Å². The molecule has 0 aromatic heterocycles. The summed E-state index contributed by atoms with van der Waals surface area (Å²) >= 11 is 0. The third-order valence-electron chi connectivity index (χ3n) is 3.54. The Balaban J connectivity index is 2.27. The van der Waals surface area contributed by atoms with Crippen LogP contribution in [-0.4, -0.2) is 20.2 Å². The van der Waals surface area contributed by atoms with Gasteiger partial charge in [-0.1, -0.05) is 30.3 Å². The molecule has 0 amide bonds. The molecule has 120 valence electrons. The Labute approximate surface area is 136 Å². The van der Waals surface area contributed by atoms with Crippen molar-refractivity contribution in [3.8, 4) is 5.75 Å². The molecular formula is C19H21NO3. The molecule has 0 aliphatic rings. The van der Waals surface area contributed by atoms with Gasteiger partial charge in [0.15, 0.2) is 0 Å². The molecule has 23 heavy (non-hydrogen) atoms. The van der Waals surface area contributed by atoms with Crippen LogP contribution in [0.1, 0.15) is 24.1 Å². The fraction of sp³-hybridized carbons (Fsp3) is 0.211. The van der Waals surface area contributed by atoms with Crippen molar-refractivity contribution in [1.29, 1.82) is 0 Å². The SMILES string of the molecule is COC(=O)/C=C(\N[C@H](C)c1ccccc1)c1ccc(OC)cc1. The first kappa shape index (κ1) is 16.6. The molecule has 0 aliphatic carbocycles. The maximum atomic E-state index is 11.7. The predicted molar refractivity (Wildman–Crippen MR) is 91.0 cm³/mol. The highest BCUT2D eigenvalue weighted by atomic mass is 16.5. The molecule has 0 saturated carbocycles. The summed E-state index contributed by atoms with van der Waals surface area (Å²) < 4.78 is 9.92. The highest BCUT2D eigenvalue weighted by molar-refractivity contribution is 5.90. The van der Waals surface area contributed by atoms with Crippen molar-refractivity contribution >= 4 is 11.7 Å². The van der Waals surface area contributed by atoms with E-state index in [1.54, 1.807) is 7.11 Å². The van der Waals surface area contributed by atoms with Crippen LogP contribution in [0.4, 0.5) is 0 Å². The van der Waals surface area contributed by atoms with Gasteiger partial charge in [-0.25, -0.2) is 4.79 Å². The van der Waals surface area contributed by atoms with Gasteiger partial charge in [-0.05, 0) is 42.3 Å². The van der Waals surface area contributed by atoms with Gasteiger partial charge in [-0.3, -0.25) is 0 Å². The van der Waals surface area contributed by atoms with Gasteiger partial charge < -0.3 is 14.8 Å². The maximum Gasteiger partial charge on any atom is 0.332 e. The van der Waals surface area contributed by atoms with E-state index >= 15 is 0 Å². The monoisotopic (exact) mass is 311 g/mol. The Bertz CT molecular complexity index is 663. The van der Waals surface area contributed by atoms with E-state index in [2.05, 4.69) is 5.32 Å². The second-order valence-corrected chi connectivity index (χ2v) is 5.09. The first-order valence-electron chi connectivity index (χ1n) is 7.39. The zero-order valence-corrected chi connectivity index (χ0v) is 13.6. The molecular weight excluding hydrogens is 290 g/mol. The van der Waals surface area contributed by atoms with Crippen molar-refractivity contribution in [2.45, 2.75) is 13.0 Å². The number of ether oxygens (including phenoxy) is 2. The van der Waals surface area contributed by atoms with Crippen molar-refractivity contribution in [3.63, 3.8) is 0 Å². The summed E-state index contributed by atoms with van der Waals surface area (Å²) in [5.74, 6) is 0.367. The molecule has 0 fully saturated rings. The molecule has 0 heterocycles. The number of benzene rings is 2. The van der Waals surface area contributed by atoms with Gasteiger partial charge >= 0.3 is 5.97 Å². The van der Waals surface area contributed by atoms with Crippen molar-refractivity contribution < 1.29 is 14.3 Å². The minimum absolute atomic E-state index is 0.0502. The molecule has 4 heteroatoms. The van der Waals surface area contributed by atoms with E-state index in [1.807, 2.05) is 61.5 Å². The summed E-state index contributed by atoms with van der Waals surface area (Å²) in [5.41, 5.74) is 2.73. The van der Waals surface area contributed by atoms with Crippen LogP contribution in [0, 0.1) is 0 Å². The van der Waals surface area contributed by atoms with Gasteiger partial charge in [0.2, 0.25) is 0 Å². The van der Waals surface area contributed by atoms with Crippen molar-refractivity contribution in [2.75, 3.05) is 14.2 Å². The molecule has 0 spiro atoms. The smallest absolute Gasteiger partial charge is 0.332 e. The second-order valence-electron chi connectivity index (χ2n) is 5.09. The standard InChI is InChI=1S/C19H21NO3/c1-14(15-7-5-4-6-8-15)20-18(13-19(21)23-3)16-9-11-17(22-2)12-10-16/h4-14,20H,1-3H3/b18-13-/t14-/m1/s1. The van der Waals surface area contributed by atoms with E-state index in [9.17, 15) is 4.79 Å². The molecule has 2 aromatic carbocycles. The summed E-state index contributed by atoms with van der Waals surface area (Å²) in [6.45, 7) is 2.05. The number of hydrogen-bond acceptors (Lipinski definition) is 4. The minimum Gasteiger partial charge on any atom is -0.497 e. The predicted octanol–water partition coefficient (Wildman–Crippen LogP) is 3.56. The number of rotatable bonds is 6. The van der Waals surface area contributed by atoms with Crippen LogP contribution in [0.5, 0.6) is 5.75 Å². The highest BCUT2D eigenvalue weighted by Crippen LogP contribution is 2.21. The summed E-state index contributed by atoms with van der Waals surface area (Å²) in [6, 6.07) is 17.6. The van der Waals surface area contributed by atoms with Gasteiger partial charge in [-0.2, -0.15) is 0 Å². The van der Waals surface area contributed by atoms with Crippen molar-refractivity contribution in [2.24, 2.45) is 0 Å². The Morgan fingerprint density at radius 3 is 2.26 bits per heavy atom. The molecule has 0 radical (unpaired) electrons. The lowest BCUT2D eigenvalue weighted by atomic mass is 10.1. The zero-order valence-electron chi connectivity index (χ0n) is 13.6. The molecule has 0 bridgehead atoms. The van der Waals surface area contributed by atoms with Gasteiger partial charge in [0.25, 0.3) is 0 Å². The van der Waals surface area contributed by atoms with E-state index in [0.29, 0.717) is 5.70 Å². The molecule has 4 nitrogen and oxygen atoms in total. The number of carbonyl (C=O) groups is 1. The second kappa shape index (κ2) is 8.03. The number of esters is 1. The Hall–Kier alpha value is -2.75. The summed E-state index contributed by atoms with van der Waals surface area (Å²) in [7, 11) is 2.99. The summed E-state index contributed by atoms with van der Waals surface area (Å²) in [6.07, 6.45) is 1.46. The summed E-state index contributed by atoms with van der Waals surface area (Å²) in [4.78, 5) is 11.7. The van der Waals surface area contributed by atoms with E-state index in [-0.39, 0.29) is 6.04 Å². The quantitative estimate of drug-likeness (QED) is 0.654. The third kappa shape index (κ3) is 4.61. The van der Waals surface area contributed by atoms with E-state index in [4.69, 9.17) is 9.47 Å². The van der Waals surface area contributed by atoms with Gasteiger partial charge in [0.1, 0.15) is 5.75 Å². The molecule has 1 atom stereocenters. The number of methoxy groups -OCH3 is 2. The van der Waals surface area contributed by atoms with E-state index in [1.165, 1.54) is 13.2 Å². The Morgan fingerprint density at radius 1 is 1.04 bits per heavy atom. The number of nitrogens with one attached hydrogen (secondary N) is 1. The Morgan fingerprint density at radius 2 is 1.70 bits per heavy atom. The first-order valence-corrected chi connectivity index (χ1v) is 7.39. The van der Waals surface area contributed by atoms with Gasteiger partial charge in [0, 0.05) is 17.8 Å². The van der Waals surface area contributed by atoms with Crippen molar-refractivity contribution in [3.05, 3.63) is 71.8 Å². The number of hydrogen-bond donors (Lipinski definition) is 1. The topological polar surface area (TPSA) is 47.6 Å². The molecule has 0 unspecified atom stereocenters. The molecule has 0 aliphatic heterocycles. The van der Waals surface area contributed by atoms with Crippen molar-refractivity contribution in [1.82, 2.24) is 5.32 Å². The van der Waals surface area contributed by atoms with Crippen LogP contribution in [0.2, 0.25) is 0 Å². The normalized spacial score (nSPS) is 12.4. The number of carbonyl (C=O) groups excluding carboxylic acids is 1. The van der Waals surface area contributed by atoms with E-state index < -0.39 is 5.97 Å². The molecule has 2 aromatic rings. The van der Waals surface area contributed by atoms with Crippen LogP contribution < -0.4 is 10.1 Å². The van der Waals surface area contributed by atoms with Crippen LogP contribution in [0.25, 0.3) is 5.70 Å². The average Bonchev–Trinajstić information content (AvgIpc) is 2.61. The van der Waals surface area contributed by atoms with Crippen LogP contribution in [0.15, 0.2) is 60.7 Å². The lowest BCUT2D eigenvalue weighted by Gasteiger charge is -2.19. The zero-order chi connectivity index (χ0) is 16.7. The molecule has 2 rings (SSSR count). The summed E-state index contributed by atoms with van der Waals surface area (Å²) in [5, 5.41) is 3.37. The molecule has 0 saturated heterocycles. The Kier molecular flexibility index (Phi) is 5.80. The fourth-order valence-electron chi connectivity index (χ4n) is 2.21. The van der Waals surface area contributed by atoms with E-state index in [0.717, 1.165) is 16.9 Å². The lowest BCUT2D eigenvalue weighted by molar-refractivity contribution is -0.134. The van der Waals surface area contributed by atoms with Gasteiger partial charge in [0.05, 0.1) is 14.2 Å². The van der Waals surface area contributed by atoms with Crippen LogP contribution in [-0.2, 0) is 9.53 Å². The lowest BCUT2D eigenvalue weighted by Crippen LogP contribution is -2.18. The maximum absolute atomic E-state index is 11.7. The molecule has 1 N–H and O–H groups in total. The first-order chi connectivity index (χ1) is 11.1. The minimum atomic E-state index is -0.399. The average molecular weight is 311 g/mol. The third-order valence-corrected chi connectivity index (χ3v) is 3.54. The largest absolute Gasteiger partial charge is 0.497 e. The highest BCUT2D eigenvalue weighted by Gasteiger charge is 2.10.